The second-order valence-electron chi connectivity index (χ2n) is 4.67. The zero-order valence-electron chi connectivity index (χ0n) is 11.2. The molecular weight excluding hydrogens is 278 g/mol. The molecular formula is C15H14ClNO3. The molecule has 4 nitrogen and oxygen atoms in total. The van der Waals surface area contributed by atoms with Crippen LogP contribution in [0.2, 0.25) is 5.02 Å². The molecule has 5 heteroatoms. The van der Waals surface area contributed by atoms with E-state index in [2.05, 4.69) is 4.98 Å². The molecule has 2 rings (SSSR count). The highest BCUT2D eigenvalue weighted by Gasteiger charge is 2.19. The number of rotatable bonds is 4. The molecule has 0 aliphatic carbocycles. The maximum Gasteiger partial charge on any atom is 0.337 e. The number of nitrogens with zero attached hydrogens (tertiary/aromatic N) is 1. The molecule has 2 aromatic rings. The van der Waals surface area contributed by atoms with E-state index < -0.39 is 5.97 Å². The standard InChI is InChI=1S/C15H14ClNO3/c1-3-8(2)14(18)12-7-11(16)9-5-4-6-10(15(19)20)13(9)17-12/h4-8H,3H2,1-2H3,(H,19,20). The van der Waals surface area contributed by atoms with Crippen molar-refractivity contribution in [2.45, 2.75) is 20.3 Å². The minimum absolute atomic E-state index is 0.0446. The molecule has 0 aliphatic heterocycles. The van der Waals surface area contributed by atoms with Gasteiger partial charge in [0.2, 0.25) is 0 Å². The number of halogens is 1. The van der Waals surface area contributed by atoms with Crippen LogP contribution in [0.5, 0.6) is 0 Å². The van der Waals surface area contributed by atoms with E-state index in [1.807, 2.05) is 13.8 Å². The Morgan fingerprint density at radius 3 is 2.70 bits per heavy atom. The lowest BCUT2D eigenvalue weighted by Gasteiger charge is -2.10. The molecule has 0 bridgehead atoms. The molecule has 1 unspecified atom stereocenters. The summed E-state index contributed by atoms with van der Waals surface area (Å²) in [6, 6.07) is 6.25. The molecule has 0 radical (unpaired) electrons. The summed E-state index contributed by atoms with van der Waals surface area (Å²) in [7, 11) is 0. The van der Waals surface area contributed by atoms with Gasteiger partial charge in [0.25, 0.3) is 0 Å². The van der Waals surface area contributed by atoms with E-state index in [1.165, 1.54) is 12.1 Å². The number of pyridine rings is 1. The monoisotopic (exact) mass is 291 g/mol. The summed E-state index contributed by atoms with van der Waals surface area (Å²) in [4.78, 5) is 27.6. The first-order chi connectivity index (χ1) is 9.45. The molecule has 1 aromatic carbocycles. The highest BCUT2D eigenvalue weighted by atomic mass is 35.5. The summed E-state index contributed by atoms with van der Waals surface area (Å²) >= 11 is 6.15. The first-order valence-electron chi connectivity index (χ1n) is 6.32. The highest BCUT2D eigenvalue weighted by Crippen LogP contribution is 2.27. The van der Waals surface area contributed by atoms with E-state index in [0.29, 0.717) is 16.8 Å². The van der Waals surface area contributed by atoms with Crippen molar-refractivity contribution >= 4 is 34.3 Å². The number of aromatic nitrogens is 1. The van der Waals surface area contributed by atoms with Crippen LogP contribution in [-0.4, -0.2) is 21.8 Å². The van der Waals surface area contributed by atoms with Gasteiger partial charge in [0.05, 0.1) is 16.1 Å². The first-order valence-corrected chi connectivity index (χ1v) is 6.70. The van der Waals surface area contributed by atoms with E-state index in [-0.39, 0.29) is 28.5 Å². The van der Waals surface area contributed by atoms with Crippen molar-refractivity contribution in [3.63, 3.8) is 0 Å². The van der Waals surface area contributed by atoms with Crippen molar-refractivity contribution in [1.29, 1.82) is 0 Å². The van der Waals surface area contributed by atoms with Gasteiger partial charge in [-0.3, -0.25) is 4.79 Å². The Bertz CT molecular complexity index is 697. The number of fused-ring (bicyclic) bond motifs is 1. The van der Waals surface area contributed by atoms with Gasteiger partial charge in [-0.1, -0.05) is 37.6 Å². The number of hydrogen-bond donors (Lipinski definition) is 1. The van der Waals surface area contributed by atoms with Crippen molar-refractivity contribution in [2.75, 3.05) is 0 Å². The van der Waals surface area contributed by atoms with E-state index in [4.69, 9.17) is 11.6 Å². The maximum atomic E-state index is 12.2. The Morgan fingerprint density at radius 1 is 1.40 bits per heavy atom. The van der Waals surface area contributed by atoms with Gasteiger partial charge < -0.3 is 5.11 Å². The van der Waals surface area contributed by atoms with Gasteiger partial charge in [0.15, 0.2) is 5.78 Å². The van der Waals surface area contributed by atoms with Crippen LogP contribution in [0, 0.1) is 5.92 Å². The SMILES string of the molecule is CCC(C)C(=O)c1cc(Cl)c2cccc(C(=O)O)c2n1. The molecule has 20 heavy (non-hydrogen) atoms. The topological polar surface area (TPSA) is 67.3 Å². The molecule has 0 fully saturated rings. The molecule has 104 valence electrons. The lowest BCUT2D eigenvalue weighted by Crippen LogP contribution is -2.13. The second kappa shape index (κ2) is 5.59. The Hall–Kier alpha value is -1.94. The number of para-hydroxylation sites is 1. The Labute approximate surface area is 121 Å². The van der Waals surface area contributed by atoms with Gasteiger partial charge in [0, 0.05) is 11.3 Å². The van der Waals surface area contributed by atoms with Gasteiger partial charge in [-0.05, 0) is 18.6 Å². The van der Waals surface area contributed by atoms with Crippen LogP contribution < -0.4 is 0 Å². The normalized spacial score (nSPS) is 12.3. The zero-order chi connectivity index (χ0) is 14.9. The first kappa shape index (κ1) is 14.5. The average molecular weight is 292 g/mol. The zero-order valence-corrected chi connectivity index (χ0v) is 11.9. The van der Waals surface area contributed by atoms with Crippen LogP contribution in [0.1, 0.15) is 41.1 Å². The van der Waals surface area contributed by atoms with Crippen LogP contribution in [-0.2, 0) is 0 Å². The highest BCUT2D eigenvalue weighted by molar-refractivity contribution is 6.36. The predicted octanol–water partition coefficient (Wildman–Crippen LogP) is 3.82. The Morgan fingerprint density at radius 2 is 2.10 bits per heavy atom. The number of carbonyl (C=O) groups is 2. The van der Waals surface area contributed by atoms with Gasteiger partial charge in [-0.2, -0.15) is 0 Å². The molecule has 0 spiro atoms. The van der Waals surface area contributed by atoms with Gasteiger partial charge in [0.1, 0.15) is 5.69 Å². The van der Waals surface area contributed by atoms with Crippen molar-refractivity contribution in [2.24, 2.45) is 5.92 Å². The molecule has 0 saturated heterocycles. The number of carboxylic acids is 1. The summed E-state index contributed by atoms with van der Waals surface area (Å²) < 4.78 is 0. The molecule has 1 heterocycles. The molecule has 0 aliphatic rings. The fourth-order valence-electron chi connectivity index (χ4n) is 1.94. The number of aromatic carboxylic acids is 1. The molecule has 1 aromatic heterocycles. The van der Waals surface area contributed by atoms with Crippen LogP contribution >= 0.6 is 11.6 Å². The van der Waals surface area contributed by atoms with Crippen LogP contribution in [0.3, 0.4) is 0 Å². The minimum Gasteiger partial charge on any atom is -0.478 e. The van der Waals surface area contributed by atoms with Crippen LogP contribution in [0.25, 0.3) is 10.9 Å². The second-order valence-corrected chi connectivity index (χ2v) is 5.08. The number of ketones is 1. The lowest BCUT2D eigenvalue weighted by molar-refractivity contribution is 0.0698. The van der Waals surface area contributed by atoms with Crippen molar-refractivity contribution in [3.05, 3.63) is 40.5 Å². The fourth-order valence-corrected chi connectivity index (χ4v) is 2.20. The summed E-state index contributed by atoms with van der Waals surface area (Å²) in [6.07, 6.45) is 0.691. The molecule has 0 amide bonds. The van der Waals surface area contributed by atoms with Crippen molar-refractivity contribution in [3.8, 4) is 0 Å². The van der Waals surface area contributed by atoms with E-state index in [1.54, 1.807) is 12.1 Å². The van der Waals surface area contributed by atoms with Gasteiger partial charge in [-0.25, -0.2) is 9.78 Å². The molecule has 0 saturated carbocycles. The van der Waals surface area contributed by atoms with Crippen LogP contribution in [0.4, 0.5) is 0 Å². The predicted molar refractivity (Wildman–Crippen MR) is 77.5 cm³/mol. The summed E-state index contributed by atoms with van der Waals surface area (Å²) in [5.41, 5.74) is 0.507. The lowest BCUT2D eigenvalue weighted by atomic mass is 9.99. The fraction of sp³-hybridized carbons (Fsp3) is 0.267. The number of benzene rings is 1. The summed E-state index contributed by atoms with van der Waals surface area (Å²) in [5.74, 6) is -1.39. The number of carbonyl (C=O) groups excluding carboxylic acids is 1. The third-order valence-corrected chi connectivity index (χ3v) is 3.64. The van der Waals surface area contributed by atoms with Crippen LogP contribution in [0.15, 0.2) is 24.3 Å². The number of hydrogen-bond acceptors (Lipinski definition) is 3. The average Bonchev–Trinajstić information content (AvgIpc) is 2.44. The Kier molecular flexibility index (Phi) is 4.04. The smallest absolute Gasteiger partial charge is 0.337 e. The maximum absolute atomic E-state index is 12.2. The quantitative estimate of drug-likeness (QED) is 0.870. The molecule has 1 atom stereocenters. The van der Waals surface area contributed by atoms with E-state index >= 15 is 0 Å². The van der Waals surface area contributed by atoms with Crippen molar-refractivity contribution in [1.82, 2.24) is 4.98 Å². The summed E-state index contributed by atoms with van der Waals surface area (Å²) in [5, 5.41) is 10.1. The van der Waals surface area contributed by atoms with E-state index in [9.17, 15) is 14.7 Å². The third kappa shape index (κ3) is 2.51. The number of carboxylic acid groups (broad SMARTS) is 1. The number of Topliss-reactive ketones (excluding diaryl/α,β-unsaturated/α-hetero) is 1. The van der Waals surface area contributed by atoms with E-state index in [0.717, 1.165) is 0 Å². The third-order valence-electron chi connectivity index (χ3n) is 3.33. The molecule has 1 N–H and O–H groups in total. The largest absolute Gasteiger partial charge is 0.478 e. The Balaban J connectivity index is 2.69. The van der Waals surface area contributed by atoms with Gasteiger partial charge >= 0.3 is 5.97 Å². The minimum atomic E-state index is -1.09. The summed E-state index contributed by atoms with van der Waals surface area (Å²) in [6.45, 7) is 3.72. The van der Waals surface area contributed by atoms with Gasteiger partial charge in [-0.15, -0.1) is 0 Å². The van der Waals surface area contributed by atoms with Crippen molar-refractivity contribution < 1.29 is 14.7 Å².